The first kappa shape index (κ1) is 11.7. The molecule has 86 valence electrons. The Kier molecular flexibility index (Phi) is 3.49. The molecular formula is C14H12O2S. The largest absolute Gasteiger partial charge is 0.478 e. The van der Waals surface area contributed by atoms with Crippen molar-refractivity contribution in [1.82, 2.24) is 0 Å². The number of hydrogen-bond acceptors (Lipinski definition) is 2. The molecule has 0 aliphatic heterocycles. The summed E-state index contributed by atoms with van der Waals surface area (Å²) in [5, 5.41) is 9.13. The lowest BCUT2D eigenvalue weighted by Gasteiger charge is -2.09. The van der Waals surface area contributed by atoms with E-state index in [1.165, 1.54) is 0 Å². The second-order valence-electron chi connectivity index (χ2n) is 3.77. The Balaban J connectivity index is 2.41. The minimum absolute atomic E-state index is 0.321. The van der Waals surface area contributed by atoms with Gasteiger partial charge in [-0.2, -0.15) is 0 Å². The summed E-state index contributed by atoms with van der Waals surface area (Å²) in [6.45, 7) is 0. The van der Waals surface area contributed by atoms with E-state index in [2.05, 4.69) is 12.6 Å². The molecule has 0 heterocycles. The second-order valence-corrected chi connectivity index (χ2v) is 4.25. The Hall–Kier alpha value is -1.74. The predicted octanol–water partition coefficient (Wildman–Crippen LogP) is 3.26. The molecule has 2 rings (SSSR count). The van der Waals surface area contributed by atoms with E-state index in [9.17, 15) is 4.79 Å². The van der Waals surface area contributed by atoms with Gasteiger partial charge in [-0.3, -0.25) is 0 Å². The summed E-state index contributed by atoms with van der Waals surface area (Å²) < 4.78 is 0. The molecule has 0 aromatic heterocycles. The Morgan fingerprint density at radius 2 is 1.76 bits per heavy atom. The van der Waals surface area contributed by atoms with Gasteiger partial charge in [0.15, 0.2) is 0 Å². The summed E-state index contributed by atoms with van der Waals surface area (Å²) in [6.07, 6.45) is 0.585. The van der Waals surface area contributed by atoms with Crippen molar-refractivity contribution < 1.29 is 9.90 Å². The molecule has 0 amide bonds. The lowest BCUT2D eigenvalue weighted by atomic mass is 10.00. The monoisotopic (exact) mass is 244 g/mol. The molecule has 0 spiro atoms. The van der Waals surface area contributed by atoms with Gasteiger partial charge in [0.25, 0.3) is 0 Å². The van der Waals surface area contributed by atoms with Gasteiger partial charge in [0.1, 0.15) is 0 Å². The Morgan fingerprint density at radius 3 is 2.41 bits per heavy atom. The highest BCUT2D eigenvalue weighted by atomic mass is 32.1. The van der Waals surface area contributed by atoms with E-state index < -0.39 is 5.97 Å². The third-order valence-corrected chi connectivity index (χ3v) is 3.02. The Morgan fingerprint density at radius 1 is 1.06 bits per heavy atom. The van der Waals surface area contributed by atoms with Crippen molar-refractivity contribution in [3.05, 3.63) is 65.2 Å². The number of aromatic carboxylic acids is 1. The first-order valence-corrected chi connectivity index (χ1v) is 5.71. The lowest BCUT2D eigenvalue weighted by molar-refractivity contribution is 0.0695. The predicted molar refractivity (Wildman–Crippen MR) is 69.9 cm³/mol. The average molecular weight is 244 g/mol. The van der Waals surface area contributed by atoms with Gasteiger partial charge in [-0.1, -0.05) is 36.4 Å². The van der Waals surface area contributed by atoms with E-state index in [1.54, 1.807) is 12.1 Å². The van der Waals surface area contributed by atoms with Crippen LogP contribution in [-0.4, -0.2) is 11.1 Å². The molecule has 0 aliphatic carbocycles. The van der Waals surface area contributed by atoms with Crippen LogP contribution in [0.5, 0.6) is 0 Å². The van der Waals surface area contributed by atoms with Crippen molar-refractivity contribution in [2.75, 3.05) is 0 Å². The van der Waals surface area contributed by atoms with Crippen molar-refractivity contribution in [3.63, 3.8) is 0 Å². The molecule has 0 atom stereocenters. The van der Waals surface area contributed by atoms with Gasteiger partial charge in [-0.25, -0.2) is 4.79 Å². The van der Waals surface area contributed by atoms with Crippen LogP contribution in [0.2, 0.25) is 0 Å². The first-order valence-electron chi connectivity index (χ1n) is 5.26. The summed E-state index contributed by atoms with van der Waals surface area (Å²) >= 11 is 4.33. The van der Waals surface area contributed by atoms with Gasteiger partial charge in [0.2, 0.25) is 0 Å². The van der Waals surface area contributed by atoms with Gasteiger partial charge < -0.3 is 5.11 Å². The maximum Gasteiger partial charge on any atom is 0.336 e. The molecule has 3 heteroatoms. The molecule has 2 aromatic rings. The van der Waals surface area contributed by atoms with E-state index >= 15 is 0 Å². The van der Waals surface area contributed by atoms with Crippen LogP contribution in [0.4, 0.5) is 0 Å². The number of carboxylic acid groups (broad SMARTS) is 1. The average Bonchev–Trinajstić information content (AvgIpc) is 2.33. The summed E-state index contributed by atoms with van der Waals surface area (Å²) in [6, 6.07) is 14.9. The quantitative estimate of drug-likeness (QED) is 0.813. The molecule has 1 N–H and O–H groups in total. The zero-order valence-corrected chi connectivity index (χ0v) is 10.0. The fourth-order valence-corrected chi connectivity index (χ4v) is 2.05. The van der Waals surface area contributed by atoms with Crippen LogP contribution < -0.4 is 0 Å². The Bertz CT molecular complexity index is 535. The fraction of sp³-hybridized carbons (Fsp3) is 0.0714. The second kappa shape index (κ2) is 5.06. The van der Waals surface area contributed by atoms with E-state index in [-0.39, 0.29) is 0 Å². The van der Waals surface area contributed by atoms with Gasteiger partial charge in [-0.05, 0) is 29.7 Å². The zero-order valence-electron chi connectivity index (χ0n) is 9.13. The molecule has 0 radical (unpaired) electrons. The molecule has 0 saturated carbocycles. The molecule has 2 nitrogen and oxygen atoms in total. The van der Waals surface area contributed by atoms with Crippen LogP contribution in [0.1, 0.15) is 21.5 Å². The summed E-state index contributed by atoms with van der Waals surface area (Å²) in [4.78, 5) is 11.8. The van der Waals surface area contributed by atoms with Crippen LogP contribution >= 0.6 is 12.6 Å². The third kappa shape index (κ3) is 2.68. The third-order valence-electron chi connectivity index (χ3n) is 2.61. The van der Waals surface area contributed by atoms with Crippen LogP contribution in [0.25, 0.3) is 0 Å². The van der Waals surface area contributed by atoms with Crippen molar-refractivity contribution in [1.29, 1.82) is 0 Å². The summed E-state index contributed by atoms with van der Waals surface area (Å²) in [7, 11) is 0. The number of hydrogen-bond donors (Lipinski definition) is 2. The SMILES string of the molecule is O=C(O)c1cccc(S)c1Cc1ccccc1. The highest BCUT2D eigenvalue weighted by Gasteiger charge is 2.12. The van der Waals surface area contributed by atoms with Gasteiger partial charge in [0, 0.05) is 4.90 Å². The number of carboxylic acids is 1. The molecule has 0 saturated heterocycles. The van der Waals surface area contributed by atoms with E-state index in [4.69, 9.17) is 5.11 Å². The van der Waals surface area contributed by atoms with Crippen molar-refractivity contribution in [2.24, 2.45) is 0 Å². The summed E-state index contributed by atoms with van der Waals surface area (Å²) in [5.41, 5.74) is 2.16. The maximum atomic E-state index is 11.1. The highest BCUT2D eigenvalue weighted by Crippen LogP contribution is 2.22. The number of rotatable bonds is 3. The standard InChI is InChI=1S/C14H12O2S/c15-14(16)11-7-4-8-13(17)12(11)9-10-5-2-1-3-6-10/h1-8,17H,9H2,(H,15,16). The maximum absolute atomic E-state index is 11.1. The molecule has 0 unspecified atom stereocenters. The lowest BCUT2D eigenvalue weighted by Crippen LogP contribution is -2.04. The minimum atomic E-state index is -0.910. The smallest absolute Gasteiger partial charge is 0.336 e. The van der Waals surface area contributed by atoms with Crippen LogP contribution in [0.3, 0.4) is 0 Å². The highest BCUT2D eigenvalue weighted by molar-refractivity contribution is 7.80. The molecular weight excluding hydrogens is 232 g/mol. The van der Waals surface area contributed by atoms with Crippen LogP contribution in [-0.2, 0) is 6.42 Å². The van der Waals surface area contributed by atoms with Gasteiger partial charge >= 0.3 is 5.97 Å². The molecule has 0 fully saturated rings. The molecule has 0 aliphatic rings. The van der Waals surface area contributed by atoms with Crippen LogP contribution in [0, 0.1) is 0 Å². The minimum Gasteiger partial charge on any atom is -0.478 e. The summed E-state index contributed by atoms with van der Waals surface area (Å²) in [5.74, 6) is -0.910. The van der Waals surface area contributed by atoms with E-state index in [0.717, 1.165) is 11.1 Å². The van der Waals surface area contributed by atoms with E-state index in [1.807, 2.05) is 36.4 Å². The Labute approximate surface area is 105 Å². The van der Waals surface area contributed by atoms with Crippen molar-refractivity contribution in [3.8, 4) is 0 Å². The van der Waals surface area contributed by atoms with Crippen LogP contribution in [0.15, 0.2) is 53.4 Å². The van der Waals surface area contributed by atoms with Gasteiger partial charge in [-0.15, -0.1) is 12.6 Å². The topological polar surface area (TPSA) is 37.3 Å². The molecule has 17 heavy (non-hydrogen) atoms. The molecule has 0 bridgehead atoms. The number of thiol groups is 1. The van der Waals surface area contributed by atoms with Gasteiger partial charge in [0.05, 0.1) is 5.56 Å². The number of benzene rings is 2. The normalized spacial score (nSPS) is 10.2. The first-order chi connectivity index (χ1) is 8.18. The van der Waals surface area contributed by atoms with Crippen molar-refractivity contribution in [2.45, 2.75) is 11.3 Å². The van der Waals surface area contributed by atoms with E-state index in [0.29, 0.717) is 16.9 Å². The number of carbonyl (C=O) groups is 1. The zero-order chi connectivity index (χ0) is 12.3. The van der Waals surface area contributed by atoms with Crippen molar-refractivity contribution >= 4 is 18.6 Å². The molecule has 2 aromatic carbocycles. The fourth-order valence-electron chi connectivity index (χ4n) is 1.76.